The van der Waals surface area contributed by atoms with E-state index in [2.05, 4.69) is 4.98 Å². The van der Waals surface area contributed by atoms with Gasteiger partial charge in [-0.1, -0.05) is 11.6 Å². The summed E-state index contributed by atoms with van der Waals surface area (Å²) in [4.78, 5) is 17.9. The molecule has 0 aliphatic heterocycles. The number of rotatable bonds is 4. The van der Waals surface area contributed by atoms with Crippen LogP contribution in [0.1, 0.15) is 23.0 Å². The molecule has 0 spiro atoms. The van der Waals surface area contributed by atoms with Crippen molar-refractivity contribution in [2.45, 2.75) is 13.5 Å². The van der Waals surface area contributed by atoms with E-state index in [9.17, 15) is 4.79 Å². The van der Waals surface area contributed by atoms with Crippen molar-refractivity contribution in [2.24, 2.45) is 0 Å². The Morgan fingerprint density at radius 2 is 2.33 bits per heavy atom. The molecule has 0 saturated heterocycles. The molecule has 18 heavy (non-hydrogen) atoms. The summed E-state index contributed by atoms with van der Waals surface area (Å²) in [5.41, 5.74) is 0.410. The minimum absolute atomic E-state index is 0.146. The molecule has 0 unspecified atom stereocenters. The summed E-state index contributed by atoms with van der Waals surface area (Å²) < 4.78 is 5.24. The first-order valence-corrected chi connectivity index (χ1v) is 6.01. The summed E-state index contributed by atoms with van der Waals surface area (Å²) >= 11 is 5.99. The maximum Gasteiger partial charge on any atom is 0.257 e. The van der Waals surface area contributed by atoms with E-state index >= 15 is 0 Å². The summed E-state index contributed by atoms with van der Waals surface area (Å²) in [6.45, 7) is 2.91. The molecule has 0 aromatic carbocycles. The van der Waals surface area contributed by atoms with Gasteiger partial charge in [-0.2, -0.15) is 0 Å². The number of hydrogen-bond donors (Lipinski definition) is 0. The fourth-order valence-electron chi connectivity index (χ4n) is 1.62. The fourth-order valence-corrected chi connectivity index (χ4v) is 1.81. The van der Waals surface area contributed by atoms with Crippen molar-refractivity contribution in [3.8, 4) is 0 Å². The standard InChI is InChI=1S/C13H13ClN2O2/c1-2-16(9-10-4-3-7-18-10)13(17)11-8-15-6-5-12(11)14/h3-8H,2,9H2,1H3. The molecule has 0 bridgehead atoms. The van der Waals surface area contributed by atoms with Gasteiger partial charge in [-0.05, 0) is 25.1 Å². The topological polar surface area (TPSA) is 46.3 Å². The van der Waals surface area contributed by atoms with Gasteiger partial charge in [-0.3, -0.25) is 9.78 Å². The Labute approximate surface area is 110 Å². The van der Waals surface area contributed by atoms with Crippen LogP contribution in [0.3, 0.4) is 0 Å². The zero-order valence-electron chi connectivity index (χ0n) is 9.97. The van der Waals surface area contributed by atoms with Crippen LogP contribution in [0.25, 0.3) is 0 Å². The van der Waals surface area contributed by atoms with Crippen molar-refractivity contribution in [3.63, 3.8) is 0 Å². The molecule has 2 aromatic heterocycles. The molecule has 2 aromatic rings. The van der Waals surface area contributed by atoms with Gasteiger partial charge in [-0.15, -0.1) is 0 Å². The molecule has 0 saturated carbocycles. The SMILES string of the molecule is CCN(Cc1ccco1)C(=O)c1cnccc1Cl. The average Bonchev–Trinajstić information content (AvgIpc) is 2.88. The molecule has 4 nitrogen and oxygen atoms in total. The maximum absolute atomic E-state index is 12.3. The van der Waals surface area contributed by atoms with Crippen molar-refractivity contribution in [1.82, 2.24) is 9.88 Å². The van der Waals surface area contributed by atoms with E-state index < -0.39 is 0 Å². The molecule has 2 heterocycles. The Morgan fingerprint density at radius 3 is 2.94 bits per heavy atom. The fraction of sp³-hybridized carbons (Fsp3) is 0.231. The van der Waals surface area contributed by atoms with Gasteiger partial charge < -0.3 is 9.32 Å². The first kappa shape index (κ1) is 12.6. The smallest absolute Gasteiger partial charge is 0.257 e. The highest BCUT2D eigenvalue weighted by molar-refractivity contribution is 6.33. The highest BCUT2D eigenvalue weighted by Gasteiger charge is 2.18. The third-order valence-corrected chi connectivity index (χ3v) is 2.92. The largest absolute Gasteiger partial charge is 0.467 e. The molecule has 0 aliphatic carbocycles. The molecule has 5 heteroatoms. The van der Waals surface area contributed by atoms with Gasteiger partial charge in [0.25, 0.3) is 5.91 Å². The Hall–Kier alpha value is -1.81. The first-order chi connectivity index (χ1) is 8.72. The predicted octanol–water partition coefficient (Wildman–Crippen LogP) is 2.99. The number of furan rings is 1. The lowest BCUT2D eigenvalue weighted by Crippen LogP contribution is -2.30. The molecule has 0 atom stereocenters. The predicted molar refractivity (Wildman–Crippen MR) is 68.4 cm³/mol. The second-order valence-corrected chi connectivity index (χ2v) is 4.16. The summed E-state index contributed by atoms with van der Waals surface area (Å²) in [6.07, 6.45) is 4.63. The van der Waals surface area contributed by atoms with E-state index in [1.54, 1.807) is 29.5 Å². The third-order valence-electron chi connectivity index (χ3n) is 2.59. The molecule has 94 valence electrons. The molecular formula is C13H13ClN2O2. The van der Waals surface area contributed by atoms with Crippen LogP contribution in [0, 0.1) is 0 Å². The Kier molecular flexibility index (Phi) is 3.99. The van der Waals surface area contributed by atoms with Crippen molar-refractivity contribution >= 4 is 17.5 Å². The minimum Gasteiger partial charge on any atom is -0.467 e. The van der Waals surface area contributed by atoms with Gasteiger partial charge in [0.15, 0.2) is 0 Å². The number of carbonyl (C=O) groups is 1. The van der Waals surface area contributed by atoms with E-state index in [4.69, 9.17) is 16.0 Å². The Bertz CT molecular complexity index is 526. The van der Waals surface area contributed by atoms with Crippen LogP contribution in [0.4, 0.5) is 0 Å². The molecule has 0 radical (unpaired) electrons. The van der Waals surface area contributed by atoms with E-state index in [-0.39, 0.29) is 5.91 Å². The summed E-state index contributed by atoms with van der Waals surface area (Å²) in [5, 5.41) is 0.410. The van der Waals surface area contributed by atoms with Gasteiger partial charge >= 0.3 is 0 Å². The van der Waals surface area contributed by atoms with Crippen molar-refractivity contribution in [2.75, 3.05) is 6.54 Å². The molecule has 1 amide bonds. The number of nitrogens with zero attached hydrogens (tertiary/aromatic N) is 2. The van der Waals surface area contributed by atoms with E-state index in [0.717, 1.165) is 5.76 Å². The van der Waals surface area contributed by atoms with Crippen molar-refractivity contribution < 1.29 is 9.21 Å². The third kappa shape index (κ3) is 2.71. The van der Waals surface area contributed by atoms with Gasteiger partial charge in [0.2, 0.25) is 0 Å². The summed E-state index contributed by atoms with van der Waals surface area (Å²) in [7, 11) is 0. The number of carbonyl (C=O) groups excluding carboxylic acids is 1. The summed E-state index contributed by atoms with van der Waals surface area (Å²) in [6, 6.07) is 5.24. The second-order valence-electron chi connectivity index (χ2n) is 3.75. The van der Waals surface area contributed by atoms with Gasteiger partial charge in [0, 0.05) is 18.9 Å². The Morgan fingerprint density at radius 1 is 1.50 bits per heavy atom. The zero-order valence-corrected chi connectivity index (χ0v) is 10.7. The normalized spacial score (nSPS) is 10.3. The van der Waals surface area contributed by atoms with Crippen molar-refractivity contribution in [1.29, 1.82) is 0 Å². The van der Waals surface area contributed by atoms with Crippen LogP contribution < -0.4 is 0 Å². The summed E-state index contributed by atoms with van der Waals surface area (Å²) in [5.74, 6) is 0.595. The van der Waals surface area contributed by atoms with Crippen LogP contribution in [0.2, 0.25) is 5.02 Å². The molecule has 0 N–H and O–H groups in total. The van der Waals surface area contributed by atoms with Crippen LogP contribution in [-0.4, -0.2) is 22.3 Å². The van der Waals surface area contributed by atoms with Crippen LogP contribution >= 0.6 is 11.6 Å². The van der Waals surface area contributed by atoms with Gasteiger partial charge in [-0.25, -0.2) is 0 Å². The van der Waals surface area contributed by atoms with E-state index in [1.165, 1.54) is 6.20 Å². The number of pyridine rings is 1. The van der Waals surface area contributed by atoms with E-state index in [1.807, 2.05) is 13.0 Å². The quantitative estimate of drug-likeness (QED) is 0.853. The lowest BCUT2D eigenvalue weighted by molar-refractivity contribution is 0.0741. The molecule has 0 fully saturated rings. The number of hydrogen-bond acceptors (Lipinski definition) is 3. The number of halogens is 1. The zero-order chi connectivity index (χ0) is 13.0. The number of amides is 1. The first-order valence-electron chi connectivity index (χ1n) is 5.63. The van der Waals surface area contributed by atoms with E-state index in [0.29, 0.717) is 23.7 Å². The van der Waals surface area contributed by atoms with Crippen LogP contribution in [0.5, 0.6) is 0 Å². The number of aromatic nitrogens is 1. The Balaban J connectivity index is 2.18. The van der Waals surface area contributed by atoms with Crippen LogP contribution in [-0.2, 0) is 6.54 Å². The lowest BCUT2D eigenvalue weighted by atomic mass is 10.2. The minimum atomic E-state index is -0.146. The highest BCUT2D eigenvalue weighted by Crippen LogP contribution is 2.17. The van der Waals surface area contributed by atoms with Gasteiger partial charge in [0.05, 0.1) is 23.4 Å². The molecule has 2 rings (SSSR count). The second kappa shape index (κ2) is 5.69. The highest BCUT2D eigenvalue weighted by atomic mass is 35.5. The molecule has 0 aliphatic rings. The molecular weight excluding hydrogens is 252 g/mol. The lowest BCUT2D eigenvalue weighted by Gasteiger charge is -2.19. The van der Waals surface area contributed by atoms with Crippen molar-refractivity contribution in [3.05, 3.63) is 53.2 Å². The van der Waals surface area contributed by atoms with Gasteiger partial charge in [0.1, 0.15) is 5.76 Å². The average molecular weight is 265 g/mol. The monoisotopic (exact) mass is 264 g/mol. The maximum atomic E-state index is 12.3. The van der Waals surface area contributed by atoms with Crippen LogP contribution in [0.15, 0.2) is 41.3 Å².